The second-order valence-corrected chi connectivity index (χ2v) is 5.29. The molecule has 1 unspecified atom stereocenters. The zero-order valence-electron chi connectivity index (χ0n) is 13.4. The zero-order chi connectivity index (χ0) is 14.0. The summed E-state index contributed by atoms with van der Waals surface area (Å²) in [6.45, 7) is 11.7. The minimum Gasteiger partial charge on any atom is -0.380 e. The Bertz CT molecular complexity index is 191. The molecule has 3 nitrogen and oxygen atoms in total. The highest BCUT2D eigenvalue weighted by atomic mass is 16.5. The van der Waals surface area contributed by atoms with Crippen molar-refractivity contribution < 1.29 is 4.74 Å². The van der Waals surface area contributed by atoms with Gasteiger partial charge in [-0.05, 0) is 46.3 Å². The van der Waals surface area contributed by atoms with Gasteiger partial charge in [0.1, 0.15) is 0 Å². The molecule has 0 bridgehead atoms. The van der Waals surface area contributed by atoms with E-state index in [0.717, 1.165) is 39.0 Å². The Morgan fingerprint density at radius 3 is 2.06 bits per heavy atom. The molecule has 18 heavy (non-hydrogen) atoms. The Balaban J connectivity index is 4.73. The summed E-state index contributed by atoms with van der Waals surface area (Å²) in [7, 11) is 4.38. The average Bonchev–Trinajstić information content (AvgIpc) is 2.36. The van der Waals surface area contributed by atoms with Crippen LogP contribution in [-0.4, -0.2) is 50.3 Å². The largest absolute Gasteiger partial charge is 0.380 e. The molecule has 0 aliphatic carbocycles. The molecular weight excluding hydrogens is 224 g/mol. The van der Waals surface area contributed by atoms with Gasteiger partial charge in [-0.15, -0.1) is 0 Å². The van der Waals surface area contributed by atoms with E-state index in [4.69, 9.17) is 4.74 Å². The molecule has 0 aromatic carbocycles. The summed E-state index contributed by atoms with van der Waals surface area (Å²) in [4.78, 5) is 2.37. The van der Waals surface area contributed by atoms with Crippen LogP contribution in [0.2, 0.25) is 0 Å². The predicted octanol–water partition coefficient (Wildman–Crippen LogP) is 2.90. The molecule has 0 heterocycles. The van der Waals surface area contributed by atoms with Gasteiger partial charge in [0.05, 0.1) is 6.61 Å². The molecule has 0 saturated carbocycles. The van der Waals surface area contributed by atoms with E-state index in [0.29, 0.717) is 6.04 Å². The van der Waals surface area contributed by atoms with E-state index in [1.54, 1.807) is 0 Å². The molecule has 0 saturated heterocycles. The van der Waals surface area contributed by atoms with Gasteiger partial charge in [-0.2, -0.15) is 0 Å². The van der Waals surface area contributed by atoms with Gasteiger partial charge in [0.15, 0.2) is 0 Å². The van der Waals surface area contributed by atoms with Crippen LogP contribution in [0.15, 0.2) is 0 Å². The first-order valence-electron chi connectivity index (χ1n) is 7.57. The number of ether oxygens (including phenoxy) is 1. The molecule has 3 heteroatoms. The normalized spacial score (nSPS) is 14.2. The Morgan fingerprint density at radius 1 is 1.06 bits per heavy atom. The van der Waals surface area contributed by atoms with E-state index in [2.05, 4.69) is 52.0 Å². The average molecular weight is 258 g/mol. The van der Waals surface area contributed by atoms with Gasteiger partial charge in [-0.3, -0.25) is 0 Å². The van der Waals surface area contributed by atoms with Crippen molar-refractivity contribution in [2.75, 3.05) is 33.9 Å². The molecule has 0 spiro atoms. The first kappa shape index (κ1) is 17.9. The molecular formula is C15H34N2O. The van der Waals surface area contributed by atoms with Gasteiger partial charge >= 0.3 is 0 Å². The molecule has 1 atom stereocenters. The first-order chi connectivity index (χ1) is 8.58. The third kappa shape index (κ3) is 4.87. The second kappa shape index (κ2) is 9.76. The van der Waals surface area contributed by atoms with E-state index in [-0.39, 0.29) is 5.54 Å². The number of nitrogens with one attached hydrogen (secondary N) is 1. The van der Waals surface area contributed by atoms with Crippen molar-refractivity contribution in [1.82, 2.24) is 10.2 Å². The number of hydrogen-bond acceptors (Lipinski definition) is 3. The molecule has 0 aromatic rings. The Labute approximate surface area is 114 Å². The molecule has 0 amide bonds. The van der Waals surface area contributed by atoms with Gasteiger partial charge in [0.2, 0.25) is 0 Å². The monoisotopic (exact) mass is 258 g/mol. The highest BCUT2D eigenvalue weighted by molar-refractivity contribution is 4.97. The van der Waals surface area contributed by atoms with Gasteiger partial charge < -0.3 is 15.0 Å². The van der Waals surface area contributed by atoms with Crippen molar-refractivity contribution >= 4 is 0 Å². The summed E-state index contributed by atoms with van der Waals surface area (Å²) in [5, 5.41) is 3.69. The highest BCUT2D eigenvalue weighted by Gasteiger charge is 2.37. The van der Waals surface area contributed by atoms with E-state index in [1.807, 2.05) is 0 Å². The van der Waals surface area contributed by atoms with Crippen LogP contribution < -0.4 is 5.32 Å². The maximum Gasteiger partial charge on any atom is 0.0637 e. The standard InChI is InChI=1S/C15H34N2O/c1-7-11-16-14(13-18-12-8-2)15(9-3,10-4)17(5)6/h14,16H,7-13H2,1-6H3. The summed E-state index contributed by atoms with van der Waals surface area (Å²) < 4.78 is 5.81. The number of rotatable bonds is 11. The topological polar surface area (TPSA) is 24.5 Å². The van der Waals surface area contributed by atoms with Crippen LogP contribution in [0.3, 0.4) is 0 Å². The molecule has 0 rings (SSSR count). The minimum absolute atomic E-state index is 0.197. The zero-order valence-corrected chi connectivity index (χ0v) is 13.4. The lowest BCUT2D eigenvalue weighted by Crippen LogP contribution is -2.60. The second-order valence-electron chi connectivity index (χ2n) is 5.29. The lowest BCUT2D eigenvalue weighted by atomic mass is 9.83. The summed E-state index contributed by atoms with van der Waals surface area (Å²) in [5.41, 5.74) is 0.197. The number of nitrogens with zero attached hydrogens (tertiary/aromatic N) is 1. The van der Waals surface area contributed by atoms with Gasteiger partial charge in [0, 0.05) is 18.2 Å². The molecule has 0 aliphatic rings. The van der Waals surface area contributed by atoms with E-state index in [1.165, 1.54) is 6.42 Å². The molecule has 0 fully saturated rings. The fourth-order valence-electron chi connectivity index (χ4n) is 2.76. The van der Waals surface area contributed by atoms with Crippen molar-refractivity contribution in [2.45, 2.75) is 65.0 Å². The highest BCUT2D eigenvalue weighted by Crippen LogP contribution is 2.26. The Hall–Kier alpha value is -0.120. The fraction of sp³-hybridized carbons (Fsp3) is 1.00. The van der Waals surface area contributed by atoms with Crippen LogP contribution >= 0.6 is 0 Å². The van der Waals surface area contributed by atoms with Gasteiger partial charge in [-0.25, -0.2) is 0 Å². The maximum absolute atomic E-state index is 5.81. The molecule has 1 N–H and O–H groups in total. The summed E-state index contributed by atoms with van der Waals surface area (Å²) in [5.74, 6) is 0. The van der Waals surface area contributed by atoms with Crippen molar-refractivity contribution in [3.8, 4) is 0 Å². The van der Waals surface area contributed by atoms with Crippen LogP contribution in [0.1, 0.15) is 53.4 Å². The van der Waals surface area contributed by atoms with Crippen LogP contribution in [-0.2, 0) is 4.74 Å². The van der Waals surface area contributed by atoms with Crippen molar-refractivity contribution in [2.24, 2.45) is 0 Å². The third-order valence-corrected chi connectivity index (χ3v) is 4.04. The molecule has 0 radical (unpaired) electrons. The van der Waals surface area contributed by atoms with Crippen molar-refractivity contribution in [3.05, 3.63) is 0 Å². The predicted molar refractivity (Wildman–Crippen MR) is 80.2 cm³/mol. The Kier molecular flexibility index (Phi) is 9.70. The van der Waals surface area contributed by atoms with Gasteiger partial charge in [0.25, 0.3) is 0 Å². The summed E-state index contributed by atoms with van der Waals surface area (Å²) in [6.07, 6.45) is 4.55. The quantitative estimate of drug-likeness (QED) is 0.577. The lowest BCUT2D eigenvalue weighted by molar-refractivity contribution is 0.0246. The molecule has 0 aliphatic heterocycles. The van der Waals surface area contributed by atoms with Gasteiger partial charge in [-0.1, -0.05) is 27.7 Å². The van der Waals surface area contributed by atoms with Crippen LogP contribution in [0.5, 0.6) is 0 Å². The van der Waals surface area contributed by atoms with Crippen LogP contribution in [0, 0.1) is 0 Å². The number of hydrogen-bond donors (Lipinski definition) is 1. The van der Waals surface area contributed by atoms with E-state index < -0.39 is 0 Å². The lowest BCUT2D eigenvalue weighted by Gasteiger charge is -2.45. The van der Waals surface area contributed by atoms with Crippen molar-refractivity contribution in [3.63, 3.8) is 0 Å². The number of likely N-dealkylation sites (N-methyl/N-ethyl adjacent to an activating group) is 1. The van der Waals surface area contributed by atoms with E-state index >= 15 is 0 Å². The summed E-state index contributed by atoms with van der Waals surface area (Å²) >= 11 is 0. The van der Waals surface area contributed by atoms with Crippen molar-refractivity contribution in [1.29, 1.82) is 0 Å². The molecule has 0 aromatic heterocycles. The van der Waals surface area contributed by atoms with E-state index in [9.17, 15) is 0 Å². The maximum atomic E-state index is 5.81. The van der Waals surface area contributed by atoms with Crippen LogP contribution in [0.25, 0.3) is 0 Å². The molecule has 110 valence electrons. The fourth-order valence-corrected chi connectivity index (χ4v) is 2.76. The SMILES string of the molecule is CCCNC(COCCC)C(CC)(CC)N(C)C. The first-order valence-corrected chi connectivity index (χ1v) is 7.57. The third-order valence-electron chi connectivity index (χ3n) is 4.04. The minimum atomic E-state index is 0.197. The summed E-state index contributed by atoms with van der Waals surface area (Å²) in [6, 6.07) is 0.411. The Morgan fingerprint density at radius 2 is 1.67 bits per heavy atom. The smallest absolute Gasteiger partial charge is 0.0637 e. The van der Waals surface area contributed by atoms with Crippen LogP contribution in [0.4, 0.5) is 0 Å².